The zero-order chi connectivity index (χ0) is 23.3. The van der Waals surface area contributed by atoms with Crippen molar-refractivity contribution in [1.29, 1.82) is 0 Å². The van der Waals surface area contributed by atoms with Gasteiger partial charge in [0, 0.05) is 37.4 Å². The molecule has 0 N–H and O–H groups in total. The number of hydrogen-bond donors (Lipinski definition) is 0. The standard InChI is InChI=1S/C26H27FN6O/c1-34-22-13-11-20(12-14-22)19-33-26(28-29-30-33)25(23-9-5-6-10-24(23)27)32-17-15-31(16-18-32)21-7-3-2-4-8-21/h2-14,25H,15-19H2,1H3/t25-/m1/s1. The molecule has 0 unspecified atom stereocenters. The monoisotopic (exact) mass is 458 g/mol. The maximum atomic E-state index is 15.0. The van der Waals surface area contributed by atoms with Gasteiger partial charge in [-0.05, 0) is 46.3 Å². The quantitative estimate of drug-likeness (QED) is 0.420. The number of tetrazole rings is 1. The van der Waals surface area contributed by atoms with Crippen molar-refractivity contribution in [2.24, 2.45) is 0 Å². The van der Waals surface area contributed by atoms with Gasteiger partial charge in [0.05, 0.1) is 13.7 Å². The van der Waals surface area contributed by atoms with Crippen molar-refractivity contribution in [1.82, 2.24) is 25.1 Å². The molecule has 1 aromatic heterocycles. The highest BCUT2D eigenvalue weighted by Crippen LogP contribution is 2.31. The van der Waals surface area contributed by atoms with Crippen LogP contribution in [0.5, 0.6) is 5.75 Å². The Morgan fingerprint density at radius 2 is 1.59 bits per heavy atom. The number of halogens is 1. The van der Waals surface area contributed by atoms with Crippen LogP contribution in [-0.4, -0.2) is 58.4 Å². The Bertz CT molecular complexity index is 1210. The van der Waals surface area contributed by atoms with Crippen LogP contribution in [0.25, 0.3) is 0 Å². The van der Waals surface area contributed by atoms with E-state index in [2.05, 4.69) is 49.6 Å². The fraction of sp³-hybridized carbons (Fsp3) is 0.269. The smallest absolute Gasteiger partial charge is 0.173 e. The minimum absolute atomic E-state index is 0.253. The van der Waals surface area contributed by atoms with Crippen LogP contribution in [0.2, 0.25) is 0 Å². The molecule has 1 atom stereocenters. The third-order valence-corrected chi connectivity index (χ3v) is 6.30. The summed E-state index contributed by atoms with van der Waals surface area (Å²) in [6.07, 6.45) is 0. The van der Waals surface area contributed by atoms with Crippen molar-refractivity contribution in [3.8, 4) is 5.75 Å². The van der Waals surface area contributed by atoms with Gasteiger partial charge in [-0.2, -0.15) is 0 Å². The minimum atomic E-state index is -0.382. The van der Waals surface area contributed by atoms with E-state index in [-0.39, 0.29) is 11.9 Å². The average molecular weight is 459 g/mol. The molecule has 1 fully saturated rings. The van der Waals surface area contributed by atoms with E-state index in [0.29, 0.717) is 17.9 Å². The lowest BCUT2D eigenvalue weighted by Crippen LogP contribution is -2.48. The van der Waals surface area contributed by atoms with Crippen molar-refractivity contribution in [3.63, 3.8) is 0 Å². The van der Waals surface area contributed by atoms with Crippen LogP contribution in [-0.2, 0) is 6.54 Å². The van der Waals surface area contributed by atoms with Crippen LogP contribution in [0.1, 0.15) is 23.0 Å². The number of para-hydroxylation sites is 1. The maximum Gasteiger partial charge on any atom is 0.173 e. The van der Waals surface area contributed by atoms with Gasteiger partial charge in [-0.1, -0.05) is 48.5 Å². The van der Waals surface area contributed by atoms with E-state index in [1.165, 1.54) is 11.8 Å². The topological polar surface area (TPSA) is 59.3 Å². The van der Waals surface area contributed by atoms with Crippen LogP contribution in [0.15, 0.2) is 78.9 Å². The summed E-state index contributed by atoms with van der Waals surface area (Å²) in [6.45, 7) is 3.71. The Labute approximate surface area is 198 Å². The molecule has 2 heterocycles. The molecule has 174 valence electrons. The Balaban J connectivity index is 1.43. The van der Waals surface area contributed by atoms with Crippen molar-refractivity contribution < 1.29 is 9.13 Å². The minimum Gasteiger partial charge on any atom is -0.497 e. The molecule has 4 aromatic rings. The van der Waals surface area contributed by atoms with Gasteiger partial charge >= 0.3 is 0 Å². The number of methoxy groups -OCH3 is 1. The predicted octanol–water partition coefficient (Wildman–Crippen LogP) is 3.78. The van der Waals surface area contributed by atoms with Gasteiger partial charge in [0.1, 0.15) is 17.6 Å². The Hall–Kier alpha value is -3.78. The second-order valence-electron chi connectivity index (χ2n) is 8.33. The van der Waals surface area contributed by atoms with Crippen LogP contribution in [0, 0.1) is 5.82 Å². The second-order valence-corrected chi connectivity index (χ2v) is 8.33. The number of benzene rings is 3. The molecule has 5 rings (SSSR count). The average Bonchev–Trinajstić information content (AvgIpc) is 3.34. The summed E-state index contributed by atoms with van der Waals surface area (Å²) in [5.74, 6) is 1.17. The second kappa shape index (κ2) is 10.0. The fourth-order valence-corrected chi connectivity index (χ4v) is 4.50. The third-order valence-electron chi connectivity index (χ3n) is 6.30. The SMILES string of the molecule is COc1ccc(Cn2nnnc2[C@@H](c2ccccc2F)N2CCN(c3ccccc3)CC2)cc1. The van der Waals surface area contributed by atoms with Gasteiger partial charge in [-0.25, -0.2) is 9.07 Å². The Morgan fingerprint density at radius 3 is 2.29 bits per heavy atom. The lowest BCUT2D eigenvalue weighted by Gasteiger charge is -2.40. The molecular formula is C26H27FN6O. The molecule has 1 aliphatic heterocycles. The van der Waals surface area contributed by atoms with Gasteiger partial charge in [0.2, 0.25) is 0 Å². The lowest BCUT2D eigenvalue weighted by atomic mass is 10.0. The molecule has 34 heavy (non-hydrogen) atoms. The first-order chi connectivity index (χ1) is 16.7. The number of piperazine rings is 1. The van der Waals surface area contributed by atoms with Gasteiger partial charge in [0.25, 0.3) is 0 Å². The third kappa shape index (κ3) is 4.63. The molecule has 0 spiro atoms. The number of ether oxygens (including phenoxy) is 1. The number of anilines is 1. The zero-order valence-electron chi connectivity index (χ0n) is 19.1. The van der Waals surface area contributed by atoms with E-state index < -0.39 is 0 Å². The Morgan fingerprint density at radius 1 is 0.882 bits per heavy atom. The highest BCUT2D eigenvalue weighted by molar-refractivity contribution is 5.46. The van der Waals surface area contributed by atoms with E-state index >= 15 is 4.39 Å². The summed E-state index contributed by atoms with van der Waals surface area (Å²) in [4.78, 5) is 4.63. The Kier molecular flexibility index (Phi) is 6.49. The van der Waals surface area contributed by atoms with Crippen LogP contribution < -0.4 is 9.64 Å². The summed E-state index contributed by atoms with van der Waals surface area (Å²) < 4.78 is 22.1. The molecule has 1 saturated heterocycles. The molecular weight excluding hydrogens is 431 g/mol. The summed E-state index contributed by atoms with van der Waals surface area (Å²) >= 11 is 0. The van der Waals surface area contributed by atoms with E-state index in [0.717, 1.165) is 37.5 Å². The lowest BCUT2D eigenvalue weighted by molar-refractivity contribution is 0.198. The van der Waals surface area contributed by atoms with Gasteiger partial charge < -0.3 is 9.64 Å². The molecule has 0 saturated carbocycles. The van der Waals surface area contributed by atoms with E-state index in [1.807, 2.05) is 42.5 Å². The van der Waals surface area contributed by atoms with E-state index in [4.69, 9.17) is 4.74 Å². The normalized spacial score (nSPS) is 15.3. The largest absolute Gasteiger partial charge is 0.497 e. The number of hydrogen-bond acceptors (Lipinski definition) is 6. The van der Waals surface area contributed by atoms with Crippen LogP contribution >= 0.6 is 0 Å². The highest BCUT2D eigenvalue weighted by atomic mass is 19.1. The summed E-state index contributed by atoms with van der Waals surface area (Å²) in [7, 11) is 1.64. The van der Waals surface area contributed by atoms with Crippen LogP contribution in [0.3, 0.4) is 0 Å². The number of nitrogens with zero attached hydrogens (tertiary/aromatic N) is 6. The highest BCUT2D eigenvalue weighted by Gasteiger charge is 2.32. The molecule has 8 heteroatoms. The molecule has 1 aliphatic rings. The maximum absolute atomic E-state index is 15.0. The van der Waals surface area contributed by atoms with Crippen molar-refractivity contribution in [3.05, 3.63) is 102 Å². The van der Waals surface area contributed by atoms with Crippen molar-refractivity contribution >= 4 is 5.69 Å². The molecule has 0 aliphatic carbocycles. The van der Waals surface area contributed by atoms with Crippen molar-refractivity contribution in [2.45, 2.75) is 12.6 Å². The van der Waals surface area contributed by atoms with E-state index in [1.54, 1.807) is 17.9 Å². The molecule has 7 nitrogen and oxygen atoms in total. The van der Waals surface area contributed by atoms with Gasteiger partial charge in [-0.3, -0.25) is 4.90 Å². The molecule has 0 bridgehead atoms. The first kappa shape index (κ1) is 22.0. The van der Waals surface area contributed by atoms with Crippen molar-refractivity contribution in [2.75, 3.05) is 38.2 Å². The number of rotatable bonds is 7. The zero-order valence-corrected chi connectivity index (χ0v) is 19.1. The van der Waals surface area contributed by atoms with Gasteiger partial charge in [-0.15, -0.1) is 5.10 Å². The molecule has 0 radical (unpaired) electrons. The predicted molar refractivity (Wildman–Crippen MR) is 128 cm³/mol. The van der Waals surface area contributed by atoms with Crippen LogP contribution in [0.4, 0.5) is 10.1 Å². The first-order valence-corrected chi connectivity index (χ1v) is 11.4. The first-order valence-electron chi connectivity index (χ1n) is 11.4. The molecule has 3 aromatic carbocycles. The fourth-order valence-electron chi connectivity index (χ4n) is 4.50. The van der Waals surface area contributed by atoms with Gasteiger partial charge in [0.15, 0.2) is 5.82 Å². The summed E-state index contributed by atoms with van der Waals surface area (Å²) in [5.41, 5.74) is 2.82. The van der Waals surface area contributed by atoms with E-state index in [9.17, 15) is 0 Å². The summed E-state index contributed by atoms with van der Waals surface area (Å²) in [6, 6.07) is 24.7. The molecule has 0 amide bonds. The summed E-state index contributed by atoms with van der Waals surface area (Å²) in [5, 5.41) is 12.6. The number of aromatic nitrogens is 4.